The zero-order valence-electron chi connectivity index (χ0n) is 12.5. The molecule has 6 nitrogen and oxygen atoms in total. The Morgan fingerprint density at radius 1 is 1.14 bits per heavy atom. The molecule has 0 aromatic heterocycles. The molecule has 0 bridgehead atoms. The van der Waals surface area contributed by atoms with Crippen molar-refractivity contribution in [1.82, 2.24) is 10.0 Å². The lowest BCUT2D eigenvalue weighted by Crippen LogP contribution is -2.42. The molecule has 1 heterocycles. The maximum Gasteiger partial charge on any atom is 0.241 e. The number of sulfone groups is 1. The Morgan fingerprint density at radius 2 is 1.73 bits per heavy atom. The summed E-state index contributed by atoms with van der Waals surface area (Å²) >= 11 is 0. The molecule has 2 N–H and O–H groups in total. The predicted octanol–water partition coefficient (Wildman–Crippen LogP) is 0.851. The number of piperidine rings is 1. The van der Waals surface area contributed by atoms with Crippen LogP contribution >= 0.6 is 12.4 Å². The van der Waals surface area contributed by atoms with Crippen LogP contribution < -0.4 is 10.0 Å². The fourth-order valence-corrected chi connectivity index (χ4v) is 4.62. The van der Waals surface area contributed by atoms with Gasteiger partial charge in [-0.05, 0) is 50.6 Å². The van der Waals surface area contributed by atoms with Crippen molar-refractivity contribution in [1.29, 1.82) is 0 Å². The van der Waals surface area contributed by atoms with Crippen molar-refractivity contribution in [3.8, 4) is 0 Å². The largest absolute Gasteiger partial charge is 0.317 e. The van der Waals surface area contributed by atoms with Crippen LogP contribution in [-0.4, -0.2) is 42.2 Å². The van der Waals surface area contributed by atoms with Crippen LogP contribution in [0.25, 0.3) is 0 Å². The topological polar surface area (TPSA) is 92.3 Å². The fourth-order valence-electron chi connectivity index (χ4n) is 2.32. The van der Waals surface area contributed by atoms with Crippen molar-refractivity contribution >= 4 is 32.3 Å². The highest BCUT2D eigenvalue weighted by molar-refractivity contribution is 7.91. The Morgan fingerprint density at radius 3 is 2.27 bits per heavy atom. The second-order valence-corrected chi connectivity index (χ2v) is 9.04. The molecule has 0 amide bonds. The molecule has 1 fully saturated rings. The van der Waals surface area contributed by atoms with Gasteiger partial charge in [-0.1, -0.05) is 6.07 Å². The van der Waals surface area contributed by atoms with Crippen molar-refractivity contribution < 1.29 is 16.8 Å². The van der Waals surface area contributed by atoms with Gasteiger partial charge in [0.15, 0.2) is 9.84 Å². The summed E-state index contributed by atoms with van der Waals surface area (Å²) in [7, 11) is -7.15. The SMILES string of the molecule is Cc1ccc(S(C)(=O)=O)cc1S(=O)(=O)NC1CCNCC1.Cl. The number of benzene rings is 1. The summed E-state index contributed by atoms with van der Waals surface area (Å²) in [6, 6.07) is 4.06. The van der Waals surface area contributed by atoms with Gasteiger partial charge in [0, 0.05) is 12.3 Å². The van der Waals surface area contributed by atoms with Gasteiger partial charge in [-0.15, -0.1) is 12.4 Å². The minimum absolute atomic E-state index is 0. The number of nitrogens with one attached hydrogen (secondary N) is 2. The van der Waals surface area contributed by atoms with E-state index in [-0.39, 0.29) is 28.2 Å². The zero-order valence-corrected chi connectivity index (χ0v) is 14.9. The zero-order chi connectivity index (χ0) is 15.7. The molecular formula is C13H21ClN2O4S2. The van der Waals surface area contributed by atoms with Gasteiger partial charge in [0.05, 0.1) is 9.79 Å². The van der Waals surface area contributed by atoms with E-state index < -0.39 is 19.9 Å². The highest BCUT2D eigenvalue weighted by Crippen LogP contribution is 2.21. The molecule has 1 aromatic rings. The van der Waals surface area contributed by atoms with E-state index in [2.05, 4.69) is 10.0 Å². The third-order valence-electron chi connectivity index (χ3n) is 3.54. The lowest BCUT2D eigenvalue weighted by Gasteiger charge is -2.24. The molecule has 1 aliphatic rings. The molecule has 22 heavy (non-hydrogen) atoms. The van der Waals surface area contributed by atoms with Crippen LogP contribution in [0, 0.1) is 6.92 Å². The first-order valence-electron chi connectivity index (χ1n) is 6.74. The van der Waals surface area contributed by atoms with Crippen LogP contribution in [0.2, 0.25) is 0 Å². The predicted molar refractivity (Wildman–Crippen MR) is 87.8 cm³/mol. The molecule has 0 unspecified atom stereocenters. The summed E-state index contributed by atoms with van der Waals surface area (Å²) in [5.41, 5.74) is 0.531. The molecule has 9 heteroatoms. The Kier molecular flexibility index (Phi) is 6.40. The first-order chi connectivity index (χ1) is 9.70. The number of halogens is 1. The summed E-state index contributed by atoms with van der Waals surface area (Å²) in [5, 5.41) is 3.17. The Hall–Kier alpha value is -0.670. The molecule has 0 spiro atoms. The summed E-state index contributed by atoms with van der Waals surface area (Å²) in [6.45, 7) is 3.20. The van der Waals surface area contributed by atoms with E-state index >= 15 is 0 Å². The van der Waals surface area contributed by atoms with E-state index in [1.54, 1.807) is 6.92 Å². The number of rotatable bonds is 4. The average molecular weight is 369 g/mol. The lowest BCUT2D eigenvalue weighted by atomic mass is 10.1. The van der Waals surface area contributed by atoms with Crippen LogP contribution in [0.4, 0.5) is 0 Å². The van der Waals surface area contributed by atoms with Crippen molar-refractivity contribution in [2.24, 2.45) is 0 Å². The van der Waals surface area contributed by atoms with E-state index in [9.17, 15) is 16.8 Å². The van der Waals surface area contributed by atoms with Crippen molar-refractivity contribution in [2.75, 3.05) is 19.3 Å². The maximum absolute atomic E-state index is 12.5. The first kappa shape index (κ1) is 19.4. The maximum atomic E-state index is 12.5. The van der Waals surface area contributed by atoms with E-state index in [0.29, 0.717) is 5.56 Å². The molecular weight excluding hydrogens is 348 g/mol. The summed E-state index contributed by atoms with van der Waals surface area (Å²) in [4.78, 5) is 0.0442. The van der Waals surface area contributed by atoms with Crippen molar-refractivity contribution in [2.45, 2.75) is 35.6 Å². The average Bonchev–Trinajstić information content (AvgIpc) is 2.38. The Balaban J connectivity index is 0.00000242. The van der Waals surface area contributed by atoms with Crippen LogP contribution in [0.1, 0.15) is 18.4 Å². The molecule has 0 aliphatic carbocycles. The van der Waals surface area contributed by atoms with Gasteiger partial charge in [0.1, 0.15) is 0 Å². The second-order valence-electron chi connectivity index (χ2n) is 5.35. The van der Waals surface area contributed by atoms with E-state index in [1.165, 1.54) is 18.2 Å². The molecule has 0 atom stereocenters. The van der Waals surface area contributed by atoms with Crippen molar-refractivity contribution in [3.05, 3.63) is 23.8 Å². The highest BCUT2D eigenvalue weighted by atomic mass is 35.5. The van der Waals surface area contributed by atoms with Crippen molar-refractivity contribution in [3.63, 3.8) is 0 Å². The highest BCUT2D eigenvalue weighted by Gasteiger charge is 2.24. The van der Waals surface area contributed by atoms with Crippen LogP contribution in [-0.2, 0) is 19.9 Å². The second kappa shape index (κ2) is 7.27. The quantitative estimate of drug-likeness (QED) is 0.822. The smallest absolute Gasteiger partial charge is 0.241 e. The molecule has 1 aliphatic heterocycles. The van der Waals surface area contributed by atoms with Gasteiger partial charge in [0.25, 0.3) is 0 Å². The molecule has 2 rings (SSSR count). The lowest BCUT2D eigenvalue weighted by molar-refractivity contribution is 0.427. The fraction of sp³-hybridized carbons (Fsp3) is 0.538. The van der Waals surface area contributed by atoms with Crippen LogP contribution in [0.5, 0.6) is 0 Å². The minimum atomic E-state index is -3.72. The summed E-state index contributed by atoms with van der Waals surface area (Å²) < 4.78 is 50.8. The monoisotopic (exact) mass is 368 g/mol. The van der Waals surface area contributed by atoms with Gasteiger partial charge in [0.2, 0.25) is 10.0 Å². The number of hydrogen-bond donors (Lipinski definition) is 2. The minimum Gasteiger partial charge on any atom is -0.317 e. The molecule has 1 saturated heterocycles. The Bertz CT molecular complexity index is 726. The molecule has 0 saturated carbocycles. The number of sulfonamides is 1. The summed E-state index contributed by atoms with van der Waals surface area (Å²) in [6.07, 6.45) is 2.52. The van der Waals surface area contributed by atoms with Gasteiger partial charge in [-0.25, -0.2) is 21.6 Å². The first-order valence-corrected chi connectivity index (χ1v) is 10.1. The van der Waals surface area contributed by atoms with E-state index in [4.69, 9.17) is 0 Å². The molecule has 1 aromatic carbocycles. The van der Waals surface area contributed by atoms with Gasteiger partial charge < -0.3 is 5.32 Å². The van der Waals surface area contributed by atoms with Gasteiger partial charge >= 0.3 is 0 Å². The third kappa shape index (κ3) is 4.66. The molecule has 126 valence electrons. The van der Waals surface area contributed by atoms with Gasteiger partial charge in [-0.2, -0.15) is 0 Å². The van der Waals surface area contributed by atoms with Gasteiger partial charge in [-0.3, -0.25) is 0 Å². The third-order valence-corrected chi connectivity index (χ3v) is 6.31. The number of hydrogen-bond acceptors (Lipinski definition) is 5. The van der Waals surface area contributed by atoms with Crippen LogP contribution in [0.3, 0.4) is 0 Å². The Labute approximate surface area is 138 Å². The van der Waals surface area contributed by atoms with E-state index in [1.807, 2.05) is 0 Å². The van der Waals surface area contributed by atoms with E-state index in [0.717, 1.165) is 32.2 Å². The van der Waals surface area contributed by atoms with Crippen LogP contribution in [0.15, 0.2) is 28.0 Å². The number of aryl methyl sites for hydroxylation is 1. The summed E-state index contributed by atoms with van der Waals surface area (Å²) in [5.74, 6) is 0. The standard InChI is InChI=1S/C13H20N2O4S2.ClH/c1-10-3-4-12(20(2,16)17)9-13(10)21(18,19)15-11-5-7-14-8-6-11;/h3-4,9,11,14-15H,5-8H2,1-2H3;1H. The normalized spacial score (nSPS) is 17.0. The molecule has 0 radical (unpaired) electrons.